The number of aliphatic hydroxyl groups excluding tert-OH is 1. The largest absolute Gasteiger partial charge is 0.455 e. The van der Waals surface area contributed by atoms with E-state index in [1.807, 2.05) is 50.3 Å². The highest BCUT2D eigenvalue weighted by atomic mass is 79.9. The van der Waals surface area contributed by atoms with Crippen LogP contribution >= 0.6 is 27.5 Å². The van der Waals surface area contributed by atoms with Crippen LogP contribution < -0.4 is 10.2 Å². The third-order valence-electron chi connectivity index (χ3n) is 10.0. The number of cyclic esters (lactones) is 1. The Kier molecular flexibility index (Phi) is 10.1. The average molecular weight is 741 g/mol. The van der Waals surface area contributed by atoms with Gasteiger partial charge in [0.25, 0.3) is 5.91 Å². The first kappa shape index (κ1) is 34.4. The van der Waals surface area contributed by atoms with Crippen LogP contribution in [0.25, 0.3) is 0 Å². The van der Waals surface area contributed by atoms with Crippen LogP contribution in [-0.4, -0.2) is 77.2 Å². The first-order valence-corrected chi connectivity index (χ1v) is 17.5. The molecule has 0 unspecified atom stereocenters. The number of hydrogen-bond acceptors (Lipinski definition) is 7. The number of halogens is 2. The number of benzene rings is 2. The Labute approximate surface area is 293 Å². The number of fused-ring (bicyclic) bond motifs is 2. The Morgan fingerprint density at radius 3 is 2.50 bits per heavy atom. The summed E-state index contributed by atoms with van der Waals surface area (Å²) in [5.41, 5.74) is -0.425. The van der Waals surface area contributed by atoms with Crippen LogP contribution in [0.3, 0.4) is 0 Å². The fourth-order valence-electron chi connectivity index (χ4n) is 7.42. The molecule has 10 nitrogen and oxygen atoms in total. The molecule has 0 saturated carbocycles. The van der Waals surface area contributed by atoms with E-state index in [2.05, 4.69) is 21.2 Å². The van der Waals surface area contributed by atoms with Gasteiger partial charge in [-0.25, -0.2) is 0 Å². The highest BCUT2D eigenvalue weighted by Crippen LogP contribution is 2.59. The van der Waals surface area contributed by atoms with Gasteiger partial charge in [0.15, 0.2) is 0 Å². The van der Waals surface area contributed by atoms with Crippen molar-refractivity contribution in [3.8, 4) is 0 Å². The van der Waals surface area contributed by atoms with Crippen LogP contribution in [-0.2, 0) is 28.7 Å². The Morgan fingerprint density at radius 1 is 1.06 bits per heavy atom. The van der Waals surface area contributed by atoms with E-state index in [9.17, 15) is 19.5 Å². The summed E-state index contributed by atoms with van der Waals surface area (Å²) in [6.07, 6.45) is 4.85. The van der Waals surface area contributed by atoms with E-state index in [1.165, 1.54) is 9.80 Å². The summed E-state index contributed by atoms with van der Waals surface area (Å²) in [4.78, 5) is 59.9. The quantitative estimate of drug-likeness (QED) is 0.325. The second kappa shape index (κ2) is 14.2. The minimum atomic E-state index is -1.53. The number of allylic oxidation sites excluding steroid dienone is 1. The number of nitrogens with one attached hydrogen (secondary N) is 1. The molecule has 5 bridgehead atoms. The minimum absolute atomic E-state index is 0.0332. The third-order valence-corrected chi connectivity index (χ3v) is 11.0. The number of carbonyl (C=O) groups excluding carboxylic acids is 4. The molecule has 6 rings (SSSR count). The number of nitrogens with zero attached hydrogens (tertiary/aromatic N) is 2. The lowest BCUT2D eigenvalue weighted by Gasteiger charge is -2.40. The Morgan fingerprint density at radius 2 is 1.79 bits per heavy atom. The lowest BCUT2D eigenvalue weighted by atomic mass is 9.74. The molecular formula is C36H39BrClN3O7. The van der Waals surface area contributed by atoms with Crippen molar-refractivity contribution >= 4 is 56.9 Å². The van der Waals surface area contributed by atoms with Crippen molar-refractivity contribution in [2.24, 2.45) is 17.8 Å². The first-order valence-electron chi connectivity index (χ1n) is 16.3. The van der Waals surface area contributed by atoms with Crippen molar-refractivity contribution in [3.63, 3.8) is 0 Å². The second-order valence-corrected chi connectivity index (χ2v) is 14.1. The van der Waals surface area contributed by atoms with E-state index in [4.69, 9.17) is 21.1 Å². The smallest absolute Gasteiger partial charge is 0.313 e. The molecular weight excluding hydrogens is 702 g/mol. The van der Waals surface area contributed by atoms with Crippen molar-refractivity contribution < 1.29 is 33.8 Å². The van der Waals surface area contributed by atoms with Crippen LogP contribution in [0.4, 0.5) is 5.69 Å². The van der Waals surface area contributed by atoms with Crippen molar-refractivity contribution in [3.05, 3.63) is 87.9 Å². The van der Waals surface area contributed by atoms with Gasteiger partial charge in [-0.15, -0.1) is 0 Å². The number of ether oxygens (including phenoxy) is 2. The number of rotatable bonds is 6. The predicted octanol–water partition coefficient (Wildman–Crippen LogP) is 4.70. The molecule has 4 heterocycles. The topological polar surface area (TPSA) is 125 Å². The van der Waals surface area contributed by atoms with Crippen molar-refractivity contribution in [2.45, 2.75) is 63.0 Å². The van der Waals surface area contributed by atoms with E-state index in [0.29, 0.717) is 33.6 Å². The number of aliphatic hydroxyl groups is 1. The monoisotopic (exact) mass is 739 g/mol. The van der Waals surface area contributed by atoms with Gasteiger partial charge in [0.05, 0.1) is 35.8 Å². The standard InChI is InChI=1S/C36H39BrClN3O7/c1-3-21(2)26(20-42)41-32-34(45)40(25-15-10-9-14-24(25)38)17-11-5-8-16-28(43)39-19-27(22-12-6-4-7-13-22)47-35(46)29-30(33(41)44)36(32)18-23(37)31(29)48-36/h4-7,9-15,18,21,26-27,29-32,42H,3,8,16-17,19-20H2,1-2H3,(H,39,43)/b11-5-/t21-,26-,27+,29+,30-,31+,32+,36-/m0/s1. The summed E-state index contributed by atoms with van der Waals surface area (Å²) in [7, 11) is 0. The number of carbonyl (C=O) groups is 4. The molecule has 2 aromatic rings. The Hall–Kier alpha value is -3.51. The van der Waals surface area contributed by atoms with Crippen LogP contribution in [0.2, 0.25) is 5.02 Å². The summed E-state index contributed by atoms with van der Waals surface area (Å²) in [5.74, 6) is -4.22. The summed E-state index contributed by atoms with van der Waals surface area (Å²) < 4.78 is 13.3. The Bertz CT molecular complexity index is 1640. The molecule has 2 N–H and O–H groups in total. The highest BCUT2D eigenvalue weighted by Gasteiger charge is 2.75. The number of amides is 3. The number of esters is 1. The van der Waals surface area contributed by atoms with Crippen LogP contribution in [0.1, 0.15) is 44.8 Å². The van der Waals surface area contributed by atoms with Gasteiger partial charge in [-0.2, -0.15) is 0 Å². The summed E-state index contributed by atoms with van der Waals surface area (Å²) in [6.45, 7) is 3.61. The maximum atomic E-state index is 15.1. The molecule has 2 fully saturated rings. The van der Waals surface area contributed by atoms with Gasteiger partial charge in [0.1, 0.15) is 29.8 Å². The van der Waals surface area contributed by atoms with Crippen molar-refractivity contribution in [2.75, 3.05) is 24.6 Å². The van der Waals surface area contributed by atoms with E-state index < -0.39 is 66.1 Å². The molecule has 48 heavy (non-hydrogen) atoms. The maximum Gasteiger partial charge on any atom is 0.313 e. The number of anilines is 1. The van der Waals surface area contributed by atoms with Gasteiger partial charge in [0.2, 0.25) is 11.8 Å². The van der Waals surface area contributed by atoms with E-state index in [1.54, 1.807) is 36.4 Å². The van der Waals surface area contributed by atoms with E-state index in [0.717, 1.165) is 0 Å². The molecule has 2 saturated heterocycles. The molecule has 0 aliphatic carbocycles. The summed E-state index contributed by atoms with van der Waals surface area (Å²) in [6, 6.07) is 14.1. The molecule has 4 aliphatic rings. The second-order valence-electron chi connectivity index (χ2n) is 12.8. The normalized spacial score (nSPS) is 31.2. The average Bonchev–Trinajstić information content (AvgIpc) is 3.68. The lowest BCUT2D eigenvalue weighted by Crippen LogP contribution is -2.59. The zero-order chi connectivity index (χ0) is 34.2. The zero-order valence-electron chi connectivity index (χ0n) is 26.8. The molecule has 2 aromatic carbocycles. The molecule has 0 radical (unpaired) electrons. The lowest BCUT2D eigenvalue weighted by molar-refractivity contribution is -0.160. The molecule has 1 spiro atoms. The first-order chi connectivity index (χ1) is 23.1. The molecule has 3 amide bonds. The van der Waals surface area contributed by atoms with Gasteiger partial charge < -0.3 is 29.7 Å². The number of likely N-dealkylation sites (tertiary alicyclic amines) is 1. The summed E-state index contributed by atoms with van der Waals surface area (Å²) in [5, 5.41) is 13.9. The van der Waals surface area contributed by atoms with Gasteiger partial charge in [0, 0.05) is 17.4 Å². The van der Waals surface area contributed by atoms with Crippen molar-refractivity contribution in [1.82, 2.24) is 10.2 Å². The van der Waals surface area contributed by atoms with Crippen LogP contribution in [0, 0.1) is 17.8 Å². The van der Waals surface area contributed by atoms with Gasteiger partial charge in [-0.1, -0.05) is 102 Å². The minimum Gasteiger partial charge on any atom is -0.455 e. The number of para-hydroxylation sites is 1. The predicted molar refractivity (Wildman–Crippen MR) is 183 cm³/mol. The fraction of sp³-hybridized carbons (Fsp3) is 0.444. The van der Waals surface area contributed by atoms with Gasteiger partial charge in [-0.05, 0) is 36.1 Å². The molecule has 254 valence electrons. The van der Waals surface area contributed by atoms with Crippen LogP contribution in [0.5, 0.6) is 0 Å². The SMILES string of the molecule is CC[C@H](C)[C@H](CO)N1C(=O)[C@@H]2[C@H]3C(=O)O[C@@H](c4ccccc4)CNC(=O)CC/C=C\CN(c4ccccc4Cl)C(=O)[C@@H]1[C@]21C=C(Br)[C@H]3O1. The zero-order valence-corrected chi connectivity index (χ0v) is 29.1. The summed E-state index contributed by atoms with van der Waals surface area (Å²) >= 11 is 10.2. The van der Waals surface area contributed by atoms with Crippen molar-refractivity contribution in [1.29, 1.82) is 0 Å². The number of hydrogen-bond donors (Lipinski definition) is 2. The van der Waals surface area contributed by atoms with Crippen LogP contribution in [0.15, 0.2) is 77.3 Å². The molecule has 12 heteroatoms. The molecule has 0 aromatic heterocycles. The van der Waals surface area contributed by atoms with Gasteiger partial charge >= 0.3 is 5.97 Å². The van der Waals surface area contributed by atoms with E-state index >= 15 is 4.79 Å². The van der Waals surface area contributed by atoms with Gasteiger partial charge in [-0.3, -0.25) is 19.2 Å². The van der Waals surface area contributed by atoms with E-state index in [-0.39, 0.29) is 31.3 Å². The Balaban J connectivity index is 1.50. The molecule has 4 aliphatic heterocycles. The molecule has 8 atom stereocenters. The third kappa shape index (κ3) is 5.99. The fourth-order valence-corrected chi connectivity index (χ4v) is 8.40. The highest BCUT2D eigenvalue weighted by molar-refractivity contribution is 9.11. The maximum absolute atomic E-state index is 15.1.